The predicted octanol–water partition coefficient (Wildman–Crippen LogP) is 2.66. The van der Waals surface area contributed by atoms with Gasteiger partial charge >= 0.3 is 6.03 Å². The number of primary amides is 1. The number of nitrogens with one attached hydrogen (secondary N) is 1. The van der Waals surface area contributed by atoms with Gasteiger partial charge in [-0.15, -0.1) is 0 Å². The Kier molecular flexibility index (Phi) is 6.44. The van der Waals surface area contributed by atoms with Gasteiger partial charge in [-0.3, -0.25) is 4.99 Å². The van der Waals surface area contributed by atoms with Gasteiger partial charge in [-0.25, -0.2) is 4.79 Å². The summed E-state index contributed by atoms with van der Waals surface area (Å²) < 4.78 is 5.86. The molecule has 2 rings (SSSR count). The fraction of sp³-hybridized carbons (Fsp3) is 0.684. The van der Waals surface area contributed by atoms with Crippen LogP contribution in [-0.2, 0) is 4.74 Å². The number of hydrogen-bond acceptors (Lipinski definition) is 3. The average molecular weight is 331 g/mol. The standard InChI is InChI=1S/C19H29N3O2/c1-4-24-16-11-14(2)21-13-19(3,12-16)10-9-15-7-5-6-8-17(15)22-18(20)23/h5-6,15-17H,4,7-8,11-13H2,1-3H3,(H3,20,22,23). The number of amides is 2. The van der Waals surface area contributed by atoms with E-state index in [1.54, 1.807) is 0 Å². The first-order valence-corrected chi connectivity index (χ1v) is 8.77. The van der Waals surface area contributed by atoms with Crippen LogP contribution >= 0.6 is 0 Å². The number of nitrogens with zero attached hydrogens (tertiary/aromatic N) is 1. The highest BCUT2D eigenvalue weighted by Crippen LogP contribution is 2.29. The van der Waals surface area contributed by atoms with Crippen LogP contribution in [0.3, 0.4) is 0 Å². The summed E-state index contributed by atoms with van der Waals surface area (Å²) in [7, 11) is 0. The van der Waals surface area contributed by atoms with Gasteiger partial charge in [0.15, 0.2) is 0 Å². The number of hydrogen-bond donors (Lipinski definition) is 2. The zero-order chi connectivity index (χ0) is 17.6. The third-order valence-corrected chi connectivity index (χ3v) is 4.62. The Morgan fingerprint density at radius 3 is 2.96 bits per heavy atom. The van der Waals surface area contributed by atoms with E-state index >= 15 is 0 Å². The van der Waals surface area contributed by atoms with E-state index in [0.29, 0.717) is 13.2 Å². The van der Waals surface area contributed by atoms with Crippen molar-refractivity contribution in [3.63, 3.8) is 0 Å². The molecule has 3 N–H and O–H groups in total. The molecule has 24 heavy (non-hydrogen) atoms. The summed E-state index contributed by atoms with van der Waals surface area (Å²) in [5.41, 5.74) is 6.22. The Morgan fingerprint density at radius 1 is 1.50 bits per heavy atom. The van der Waals surface area contributed by atoms with Crippen molar-refractivity contribution < 1.29 is 9.53 Å². The second-order valence-corrected chi connectivity index (χ2v) is 7.03. The number of aliphatic imine (C=N–C) groups is 1. The number of nitrogens with two attached hydrogens (primary N) is 1. The molecule has 5 nitrogen and oxygen atoms in total. The summed E-state index contributed by atoms with van der Waals surface area (Å²) in [5, 5.41) is 2.81. The van der Waals surface area contributed by atoms with Gasteiger partial charge in [0.05, 0.1) is 18.1 Å². The molecule has 0 bridgehead atoms. The Labute approximate surface area is 145 Å². The molecule has 2 aliphatic rings. The Morgan fingerprint density at radius 2 is 2.25 bits per heavy atom. The second-order valence-electron chi connectivity index (χ2n) is 7.03. The molecule has 5 heteroatoms. The second kappa shape index (κ2) is 8.34. The lowest BCUT2D eigenvalue weighted by atomic mass is 9.82. The monoisotopic (exact) mass is 331 g/mol. The van der Waals surface area contributed by atoms with Gasteiger partial charge in [-0.05, 0) is 40.0 Å². The third kappa shape index (κ3) is 5.38. The summed E-state index contributed by atoms with van der Waals surface area (Å²) in [4.78, 5) is 15.9. The molecule has 0 fully saturated rings. The minimum atomic E-state index is -0.487. The summed E-state index contributed by atoms with van der Waals surface area (Å²) in [6.45, 7) is 7.65. The topological polar surface area (TPSA) is 76.7 Å². The molecule has 0 saturated heterocycles. The lowest BCUT2D eigenvalue weighted by molar-refractivity contribution is 0.0459. The molecule has 0 spiro atoms. The van der Waals surface area contributed by atoms with Crippen LogP contribution in [0.1, 0.15) is 46.5 Å². The van der Waals surface area contributed by atoms with Crippen molar-refractivity contribution in [3.05, 3.63) is 12.2 Å². The van der Waals surface area contributed by atoms with E-state index in [1.165, 1.54) is 0 Å². The van der Waals surface area contributed by atoms with Crippen molar-refractivity contribution in [1.29, 1.82) is 0 Å². The fourth-order valence-corrected chi connectivity index (χ4v) is 3.37. The third-order valence-electron chi connectivity index (χ3n) is 4.62. The van der Waals surface area contributed by atoms with Crippen molar-refractivity contribution in [2.45, 2.75) is 58.6 Å². The van der Waals surface area contributed by atoms with Crippen LogP contribution in [0.4, 0.5) is 4.79 Å². The van der Waals surface area contributed by atoms with Gasteiger partial charge in [0.2, 0.25) is 0 Å². The van der Waals surface area contributed by atoms with Crippen LogP contribution in [0.2, 0.25) is 0 Å². The molecule has 0 aromatic heterocycles. The molecule has 2 amide bonds. The molecule has 1 aliphatic carbocycles. The molecule has 0 aromatic rings. The van der Waals surface area contributed by atoms with E-state index in [4.69, 9.17) is 10.5 Å². The molecular weight excluding hydrogens is 302 g/mol. The highest BCUT2D eigenvalue weighted by Gasteiger charge is 2.30. The lowest BCUT2D eigenvalue weighted by Crippen LogP contribution is -2.43. The van der Waals surface area contributed by atoms with Crippen LogP contribution in [0.5, 0.6) is 0 Å². The largest absolute Gasteiger partial charge is 0.378 e. The van der Waals surface area contributed by atoms with Crippen LogP contribution in [0.25, 0.3) is 0 Å². The van der Waals surface area contributed by atoms with Crippen molar-refractivity contribution in [2.24, 2.45) is 22.1 Å². The van der Waals surface area contributed by atoms with Crippen LogP contribution in [0, 0.1) is 23.2 Å². The number of allylic oxidation sites excluding steroid dienone is 1. The summed E-state index contributed by atoms with van der Waals surface area (Å²) in [6, 6.07) is -0.498. The zero-order valence-corrected chi connectivity index (χ0v) is 15.0. The minimum Gasteiger partial charge on any atom is -0.378 e. The molecule has 0 saturated carbocycles. The van der Waals surface area contributed by atoms with Gasteiger partial charge in [0, 0.05) is 30.7 Å². The quantitative estimate of drug-likeness (QED) is 0.616. The molecule has 1 aliphatic heterocycles. The van der Waals surface area contributed by atoms with Crippen molar-refractivity contribution >= 4 is 11.7 Å². The Hall–Kier alpha value is -1.80. The predicted molar refractivity (Wildman–Crippen MR) is 96.9 cm³/mol. The first kappa shape index (κ1) is 18.5. The highest BCUT2D eigenvalue weighted by molar-refractivity contribution is 5.82. The van der Waals surface area contributed by atoms with E-state index < -0.39 is 6.03 Å². The Balaban J connectivity index is 2.13. The normalized spacial score (nSPS) is 33.0. The maximum Gasteiger partial charge on any atom is 0.312 e. The van der Waals surface area contributed by atoms with Crippen LogP contribution in [-0.4, -0.2) is 37.0 Å². The highest BCUT2D eigenvalue weighted by atomic mass is 16.5. The molecule has 1 heterocycles. The van der Waals surface area contributed by atoms with Crippen LogP contribution in [0.15, 0.2) is 17.1 Å². The van der Waals surface area contributed by atoms with E-state index in [1.807, 2.05) is 6.92 Å². The van der Waals surface area contributed by atoms with Gasteiger partial charge < -0.3 is 15.8 Å². The molecular formula is C19H29N3O2. The maximum absolute atomic E-state index is 11.2. The number of carbonyl (C=O) groups excluding carboxylic acids is 1. The van der Waals surface area contributed by atoms with Crippen LogP contribution < -0.4 is 11.1 Å². The first-order chi connectivity index (χ1) is 11.4. The smallest absolute Gasteiger partial charge is 0.312 e. The Bertz CT molecular complexity index is 573. The van der Waals surface area contributed by atoms with E-state index in [9.17, 15) is 4.79 Å². The van der Waals surface area contributed by atoms with Gasteiger partial charge in [-0.2, -0.15) is 0 Å². The minimum absolute atomic E-state index is 0.0118. The van der Waals surface area contributed by atoms with E-state index in [0.717, 1.165) is 31.4 Å². The van der Waals surface area contributed by atoms with Gasteiger partial charge in [0.25, 0.3) is 0 Å². The molecule has 4 unspecified atom stereocenters. The number of rotatable bonds is 3. The molecule has 132 valence electrons. The summed E-state index contributed by atoms with van der Waals surface area (Å²) in [6.07, 6.45) is 7.74. The van der Waals surface area contributed by atoms with Gasteiger partial charge in [-0.1, -0.05) is 24.0 Å². The van der Waals surface area contributed by atoms with E-state index in [2.05, 4.69) is 48.1 Å². The van der Waals surface area contributed by atoms with Crippen molar-refractivity contribution in [2.75, 3.05) is 13.2 Å². The summed E-state index contributed by atoms with van der Waals surface area (Å²) in [5.74, 6) is 6.95. The SMILES string of the molecule is CCOC1CC(C)=NCC(C)(C#CC2CC=CCC2NC(N)=O)C1. The number of carbonyl (C=O) groups is 1. The average Bonchev–Trinajstić information content (AvgIpc) is 2.65. The van der Waals surface area contributed by atoms with E-state index in [-0.39, 0.29) is 23.5 Å². The fourth-order valence-electron chi connectivity index (χ4n) is 3.37. The number of urea groups is 1. The number of ether oxygens (including phenoxy) is 1. The van der Waals surface area contributed by atoms with Crippen molar-refractivity contribution in [1.82, 2.24) is 5.32 Å². The maximum atomic E-state index is 11.2. The lowest BCUT2D eigenvalue weighted by Gasteiger charge is -2.27. The molecule has 4 atom stereocenters. The summed E-state index contributed by atoms with van der Waals surface area (Å²) >= 11 is 0. The first-order valence-electron chi connectivity index (χ1n) is 8.77. The van der Waals surface area contributed by atoms with Crippen molar-refractivity contribution in [3.8, 4) is 11.8 Å². The molecule has 0 radical (unpaired) electrons. The zero-order valence-electron chi connectivity index (χ0n) is 15.0. The molecule has 0 aromatic carbocycles. The van der Waals surface area contributed by atoms with Gasteiger partial charge in [0.1, 0.15) is 0 Å².